The highest BCUT2D eigenvalue weighted by Crippen LogP contribution is 2.10. The molecule has 1 aliphatic rings. The van der Waals surface area contributed by atoms with Crippen LogP contribution in [0.5, 0.6) is 0 Å². The van der Waals surface area contributed by atoms with Gasteiger partial charge in [0.05, 0.1) is 6.07 Å². The summed E-state index contributed by atoms with van der Waals surface area (Å²) in [6.45, 7) is 6.33. The molecule has 92 valence electrons. The van der Waals surface area contributed by atoms with Crippen LogP contribution < -0.4 is 5.32 Å². The zero-order valence-corrected chi connectivity index (χ0v) is 10.5. The monoisotopic (exact) mass is 223 g/mol. The third kappa shape index (κ3) is 5.48. The Morgan fingerprint density at radius 1 is 1.19 bits per heavy atom. The maximum absolute atomic E-state index is 9.07. The fraction of sp³-hybridized carbons (Fsp3) is 0.923. The molecule has 1 aliphatic heterocycles. The first-order chi connectivity index (χ1) is 7.86. The molecule has 1 atom stereocenters. The largest absolute Gasteiger partial charge is 0.301 e. The van der Waals surface area contributed by atoms with Gasteiger partial charge in [0.15, 0.2) is 0 Å². The smallest absolute Gasteiger partial charge is 0.108 e. The molecule has 3 heteroatoms. The summed E-state index contributed by atoms with van der Waals surface area (Å²) in [5, 5.41) is 12.4. The Labute approximate surface area is 99.8 Å². The van der Waals surface area contributed by atoms with Gasteiger partial charge in [0.2, 0.25) is 0 Å². The Bertz CT molecular complexity index is 202. The predicted molar refractivity (Wildman–Crippen MR) is 67.2 cm³/mol. The van der Waals surface area contributed by atoms with E-state index in [9.17, 15) is 0 Å². The summed E-state index contributed by atoms with van der Waals surface area (Å²) in [4.78, 5) is 2.45. The third-order valence-corrected chi connectivity index (χ3v) is 3.19. The van der Waals surface area contributed by atoms with Gasteiger partial charge in [-0.25, -0.2) is 0 Å². The summed E-state index contributed by atoms with van der Waals surface area (Å²) in [5.74, 6) is 0. The molecule has 1 heterocycles. The van der Waals surface area contributed by atoms with Crippen LogP contribution in [-0.2, 0) is 0 Å². The van der Waals surface area contributed by atoms with E-state index in [-0.39, 0.29) is 6.04 Å². The Morgan fingerprint density at radius 3 is 2.38 bits per heavy atom. The number of nitrogens with zero attached hydrogens (tertiary/aromatic N) is 2. The lowest BCUT2D eigenvalue weighted by Gasteiger charge is -2.26. The Balaban J connectivity index is 2.28. The minimum Gasteiger partial charge on any atom is -0.301 e. The van der Waals surface area contributed by atoms with Crippen molar-refractivity contribution in [3.05, 3.63) is 0 Å². The summed E-state index contributed by atoms with van der Waals surface area (Å²) in [6.07, 6.45) is 7.80. The van der Waals surface area contributed by atoms with Crippen LogP contribution in [0.2, 0.25) is 0 Å². The molecule has 0 spiro atoms. The van der Waals surface area contributed by atoms with Crippen molar-refractivity contribution in [2.45, 2.75) is 51.5 Å². The van der Waals surface area contributed by atoms with Gasteiger partial charge in [0.1, 0.15) is 6.04 Å². The first-order valence-electron chi connectivity index (χ1n) is 6.72. The molecule has 1 unspecified atom stereocenters. The SMILES string of the molecule is CCCNC(C#N)CN1CCCCCCC1. The van der Waals surface area contributed by atoms with Crippen molar-refractivity contribution in [3.8, 4) is 6.07 Å². The summed E-state index contributed by atoms with van der Waals surface area (Å²) < 4.78 is 0. The molecule has 0 aromatic rings. The molecule has 0 aromatic carbocycles. The van der Waals surface area contributed by atoms with Crippen molar-refractivity contribution in [2.75, 3.05) is 26.2 Å². The highest BCUT2D eigenvalue weighted by molar-refractivity contribution is 4.92. The molecule has 16 heavy (non-hydrogen) atoms. The Morgan fingerprint density at radius 2 is 1.81 bits per heavy atom. The zero-order valence-electron chi connectivity index (χ0n) is 10.5. The maximum atomic E-state index is 9.07. The average Bonchev–Trinajstić information content (AvgIpc) is 2.26. The van der Waals surface area contributed by atoms with Crippen LogP contribution in [-0.4, -0.2) is 37.1 Å². The molecule has 1 rings (SSSR count). The second-order valence-corrected chi connectivity index (χ2v) is 4.70. The van der Waals surface area contributed by atoms with Gasteiger partial charge in [-0.2, -0.15) is 5.26 Å². The van der Waals surface area contributed by atoms with Crippen molar-refractivity contribution in [3.63, 3.8) is 0 Å². The van der Waals surface area contributed by atoms with E-state index < -0.39 is 0 Å². The van der Waals surface area contributed by atoms with Crippen molar-refractivity contribution in [2.24, 2.45) is 0 Å². The number of hydrogen-bond donors (Lipinski definition) is 1. The zero-order chi connectivity index (χ0) is 11.6. The van der Waals surface area contributed by atoms with Gasteiger partial charge in [-0.3, -0.25) is 0 Å². The lowest BCUT2D eigenvalue weighted by Crippen LogP contribution is -2.41. The van der Waals surface area contributed by atoms with E-state index in [0.717, 1.165) is 19.5 Å². The molecule has 0 saturated carbocycles. The van der Waals surface area contributed by atoms with E-state index >= 15 is 0 Å². The van der Waals surface area contributed by atoms with Crippen molar-refractivity contribution in [1.82, 2.24) is 10.2 Å². The van der Waals surface area contributed by atoms with Gasteiger partial charge >= 0.3 is 0 Å². The Hall–Kier alpha value is -0.590. The molecule has 3 nitrogen and oxygen atoms in total. The number of hydrogen-bond acceptors (Lipinski definition) is 3. The average molecular weight is 223 g/mol. The molecule has 0 bridgehead atoms. The van der Waals surface area contributed by atoms with Crippen LogP contribution in [0.1, 0.15) is 45.4 Å². The number of nitriles is 1. The van der Waals surface area contributed by atoms with Gasteiger partial charge in [-0.15, -0.1) is 0 Å². The first kappa shape index (κ1) is 13.5. The van der Waals surface area contributed by atoms with Crippen LogP contribution in [0.3, 0.4) is 0 Å². The number of nitrogens with one attached hydrogen (secondary N) is 1. The summed E-state index contributed by atoms with van der Waals surface area (Å²) in [5.41, 5.74) is 0. The lowest BCUT2D eigenvalue weighted by atomic mass is 10.1. The minimum atomic E-state index is 0.0133. The summed E-state index contributed by atoms with van der Waals surface area (Å²) >= 11 is 0. The second-order valence-electron chi connectivity index (χ2n) is 4.70. The number of likely N-dealkylation sites (tertiary alicyclic amines) is 1. The van der Waals surface area contributed by atoms with Crippen LogP contribution in [0, 0.1) is 11.3 Å². The third-order valence-electron chi connectivity index (χ3n) is 3.19. The van der Waals surface area contributed by atoms with Gasteiger partial charge in [0, 0.05) is 6.54 Å². The van der Waals surface area contributed by atoms with E-state index in [0.29, 0.717) is 0 Å². The summed E-state index contributed by atoms with van der Waals surface area (Å²) in [6, 6.07) is 2.38. The van der Waals surface area contributed by atoms with E-state index in [1.54, 1.807) is 0 Å². The van der Waals surface area contributed by atoms with Crippen LogP contribution in [0.15, 0.2) is 0 Å². The highest BCUT2D eigenvalue weighted by atomic mass is 15.1. The highest BCUT2D eigenvalue weighted by Gasteiger charge is 2.13. The van der Waals surface area contributed by atoms with Crippen LogP contribution in [0.25, 0.3) is 0 Å². The second kappa shape index (κ2) is 8.55. The molecular formula is C13H25N3. The quantitative estimate of drug-likeness (QED) is 0.776. The molecule has 0 aromatic heterocycles. The standard InChI is InChI=1S/C13H25N3/c1-2-8-15-13(11-14)12-16-9-6-4-3-5-7-10-16/h13,15H,2-10,12H2,1H3. The van der Waals surface area contributed by atoms with Gasteiger partial charge < -0.3 is 10.2 Å². The van der Waals surface area contributed by atoms with Crippen molar-refractivity contribution >= 4 is 0 Å². The molecule has 0 aliphatic carbocycles. The van der Waals surface area contributed by atoms with Crippen LogP contribution >= 0.6 is 0 Å². The van der Waals surface area contributed by atoms with Gasteiger partial charge in [-0.05, 0) is 38.9 Å². The van der Waals surface area contributed by atoms with Gasteiger partial charge in [-0.1, -0.05) is 26.2 Å². The van der Waals surface area contributed by atoms with Gasteiger partial charge in [0.25, 0.3) is 0 Å². The Kier molecular flexibility index (Phi) is 7.20. The first-order valence-corrected chi connectivity index (χ1v) is 6.72. The van der Waals surface area contributed by atoms with E-state index in [4.69, 9.17) is 5.26 Å². The predicted octanol–water partition coefficient (Wildman–Crippen LogP) is 2.14. The van der Waals surface area contributed by atoms with Crippen molar-refractivity contribution < 1.29 is 0 Å². The normalized spacial score (nSPS) is 20.8. The van der Waals surface area contributed by atoms with E-state index in [1.165, 1.54) is 45.2 Å². The topological polar surface area (TPSA) is 39.1 Å². The maximum Gasteiger partial charge on any atom is 0.108 e. The fourth-order valence-electron chi connectivity index (χ4n) is 2.22. The summed E-state index contributed by atoms with van der Waals surface area (Å²) in [7, 11) is 0. The molecule has 1 fully saturated rings. The minimum absolute atomic E-state index is 0.0133. The molecule has 1 saturated heterocycles. The molecule has 1 N–H and O–H groups in total. The molecule has 0 amide bonds. The van der Waals surface area contributed by atoms with E-state index in [2.05, 4.69) is 23.2 Å². The van der Waals surface area contributed by atoms with Crippen LogP contribution in [0.4, 0.5) is 0 Å². The van der Waals surface area contributed by atoms with E-state index in [1.807, 2.05) is 0 Å². The van der Waals surface area contributed by atoms with Crippen molar-refractivity contribution in [1.29, 1.82) is 5.26 Å². The number of rotatable bonds is 5. The molecule has 0 radical (unpaired) electrons. The fourth-order valence-corrected chi connectivity index (χ4v) is 2.22. The lowest BCUT2D eigenvalue weighted by molar-refractivity contribution is 0.234. The molecular weight excluding hydrogens is 198 g/mol.